The molecule has 3 fully saturated rings. The van der Waals surface area contributed by atoms with Crippen molar-refractivity contribution in [1.82, 2.24) is 15.3 Å². The number of alkyl halides is 3. The van der Waals surface area contributed by atoms with Gasteiger partial charge in [0.15, 0.2) is 0 Å². The van der Waals surface area contributed by atoms with Crippen molar-refractivity contribution < 1.29 is 27.4 Å². The summed E-state index contributed by atoms with van der Waals surface area (Å²) >= 11 is 3.47. The molecule has 2 aromatic heterocycles. The van der Waals surface area contributed by atoms with Crippen LogP contribution in [0, 0.1) is 18.8 Å². The van der Waals surface area contributed by atoms with E-state index in [0.717, 1.165) is 27.8 Å². The number of halogens is 4. The van der Waals surface area contributed by atoms with Gasteiger partial charge in [-0.3, -0.25) is 9.78 Å². The van der Waals surface area contributed by atoms with Crippen molar-refractivity contribution in [3.8, 4) is 0 Å². The van der Waals surface area contributed by atoms with E-state index in [1.54, 1.807) is 6.20 Å². The van der Waals surface area contributed by atoms with Gasteiger partial charge >= 0.3 is 6.18 Å². The average molecular weight is 657 g/mol. The number of amides is 1. The minimum Gasteiger partial charge on any atom is -0.376 e. The number of hydrogen-bond donors (Lipinski definition) is 2. The molecule has 0 bridgehead atoms. The number of piperidine rings is 1. The van der Waals surface area contributed by atoms with E-state index < -0.39 is 24.1 Å². The molecule has 5 rings (SSSR count). The van der Waals surface area contributed by atoms with Gasteiger partial charge in [0.05, 0.1) is 36.9 Å². The second-order valence-electron chi connectivity index (χ2n) is 11.3. The van der Waals surface area contributed by atoms with Crippen LogP contribution >= 0.6 is 15.9 Å². The maximum absolute atomic E-state index is 13.3. The molecule has 3 N–H and O–H groups in total. The first kappa shape index (κ1) is 32.6. The van der Waals surface area contributed by atoms with Gasteiger partial charge in [-0.15, -0.1) is 0 Å². The molecule has 4 heterocycles. The van der Waals surface area contributed by atoms with E-state index >= 15 is 0 Å². The number of pyridine rings is 2. The monoisotopic (exact) mass is 655 g/mol. The highest BCUT2D eigenvalue weighted by molar-refractivity contribution is 9.10. The van der Waals surface area contributed by atoms with Crippen LogP contribution < -0.4 is 16.0 Å². The minimum atomic E-state index is -4.62. The summed E-state index contributed by atoms with van der Waals surface area (Å²) in [6, 6.07) is 4.22. The summed E-state index contributed by atoms with van der Waals surface area (Å²) in [5, 5.41) is 2.78. The van der Waals surface area contributed by atoms with Gasteiger partial charge in [-0.2, -0.15) is 13.2 Å². The number of nitrogens with zero attached hydrogens (tertiary/aromatic N) is 3. The summed E-state index contributed by atoms with van der Waals surface area (Å²) in [5.74, 6) is 0.614. The second kappa shape index (κ2) is 14.5. The summed E-state index contributed by atoms with van der Waals surface area (Å²) in [6.07, 6.45) is 2.41. The summed E-state index contributed by atoms with van der Waals surface area (Å²) < 4.78 is 51.8. The number of hydrogen-bond acceptors (Lipinski definition) is 7. The topological polar surface area (TPSA) is 103 Å². The Morgan fingerprint density at radius 2 is 2.02 bits per heavy atom. The number of carbonyl (C=O) groups is 1. The Balaban J connectivity index is 0.000000600. The van der Waals surface area contributed by atoms with Gasteiger partial charge < -0.3 is 25.4 Å². The third-order valence-electron chi connectivity index (χ3n) is 7.98. The lowest BCUT2D eigenvalue weighted by atomic mass is 9.90. The van der Waals surface area contributed by atoms with Crippen molar-refractivity contribution in [2.24, 2.45) is 17.6 Å². The van der Waals surface area contributed by atoms with Gasteiger partial charge in [-0.05, 0) is 60.7 Å². The maximum atomic E-state index is 13.3. The van der Waals surface area contributed by atoms with Gasteiger partial charge in [0.25, 0.3) is 0 Å². The Hall–Kier alpha value is -2.28. The Morgan fingerprint density at radius 1 is 1.26 bits per heavy atom. The Morgan fingerprint density at radius 3 is 2.62 bits per heavy atom. The van der Waals surface area contributed by atoms with Gasteiger partial charge in [0, 0.05) is 34.7 Å². The van der Waals surface area contributed by atoms with Crippen LogP contribution in [-0.2, 0) is 20.4 Å². The molecular weight excluding hydrogens is 615 g/mol. The van der Waals surface area contributed by atoms with E-state index in [0.29, 0.717) is 26.0 Å². The number of anilines is 1. The van der Waals surface area contributed by atoms with Crippen LogP contribution in [0.5, 0.6) is 0 Å². The quantitative estimate of drug-likeness (QED) is 0.341. The zero-order chi connectivity index (χ0) is 30.4. The third-order valence-corrected chi connectivity index (χ3v) is 8.41. The molecule has 12 heteroatoms. The number of carbonyl (C=O) groups excluding carboxylic acids is 1. The Labute approximate surface area is 254 Å². The van der Waals surface area contributed by atoms with Crippen molar-refractivity contribution in [2.45, 2.75) is 83.8 Å². The van der Waals surface area contributed by atoms with Crippen molar-refractivity contribution in [2.75, 3.05) is 31.3 Å². The summed E-state index contributed by atoms with van der Waals surface area (Å²) in [6.45, 7) is 7.56. The molecule has 1 saturated carbocycles. The van der Waals surface area contributed by atoms with Crippen LogP contribution in [0.1, 0.15) is 87.3 Å². The first-order chi connectivity index (χ1) is 20.0. The van der Waals surface area contributed by atoms with E-state index in [1.165, 1.54) is 31.7 Å². The van der Waals surface area contributed by atoms with E-state index in [9.17, 15) is 18.0 Å². The largest absolute Gasteiger partial charge is 0.433 e. The summed E-state index contributed by atoms with van der Waals surface area (Å²) in [7, 11) is 0. The molecule has 0 spiro atoms. The van der Waals surface area contributed by atoms with Crippen molar-refractivity contribution in [3.63, 3.8) is 0 Å². The molecule has 1 aliphatic carbocycles. The summed E-state index contributed by atoms with van der Waals surface area (Å²) in [4.78, 5) is 23.6. The normalized spacial score (nSPS) is 23.5. The molecule has 8 nitrogen and oxygen atoms in total. The predicted molar refractivity (Wildman–Crippen MR) is 158 cm³/mol. The standard InChI is InChI=1S/C24H29BrF3N5O3.C6H12/c1-13-9-15(5-6-33(13)18-10-16(25)11-30-14(18)2)23(34)32-22(29)17-3-4-20(24(26,27)28)31-21(17)19-12-35-7-8-36-19;1-2-3-6-4-5-6/h3-4,10-11,13,15,19,22H,5-9,12,29H2,1-2H3,(H,32,34);6H,2-5H2,1H3. The third kappa shape index (κ3) is 8.64. The van der Waals surface area contributed by atoms with Crippen LogP contribution in [0.25, 0.3) is 0 Å². The lowest BCUT2D eigenvalue weighted by Crippen LogP contribution is -2.47. The minimum absolute atomic E-state index is 0.0261. The molecule has 4 unspecified atom stereocenters. The molecule has 2 saturated heterocycles. The Kier molecular flexibility index (Phi) is 11.2. The molecule has 42 heavy (non-hydrogen) atoms. The highest BCUT2D eigenvalue weighted by atomic mass is 79.9. The van der Waals surface area contributed by atoms with Crippen molar-refractivity contribution >= 4 is 27.5 Å². The fourth-order valence-electron chi connectivity index (χ4n) is 5.53. The molecule has 2 aromatic rings. The average Bonchev–Trinajstić information content (AvgIpc) is 3.79. The number of rotatable bonds is 7. The molecule has 232 valence electrons. The number of nitrogens with two attached hydrogens (primary N) is 1. The summed E-state index contributed by atoms with van der Waals surface area (Å²) in [5.41, 5.74) is 7.46. The van der Waals surface area contributed by atoms with E-state index in [1.807, 2.05) is 13.0 Å². The molecule has 0 radical (unpaired) electrons. The molecule has 4 atom stereocenters. The van der Waals surface area contributed by atoms with E-state index in [2.05, 4.69) is 50.0 Å². The molecular formula is C30H41BrF3N5O3. The fourth-order valence-corrected chi connectivity index (χ4v) is 5.85. The maximum Gasteiger partial charge on any atom is 0.433 e. The predicted octanol–water partition coefficient (Wildman–Crippen LogP) is 6.23. The molecule has 3 aliphatic rings. The van der Waals surface area contributed by atoms with Crippen molar-refractivity contribution in [1.29, 1.82) is 0 Å². The van der Waals surface area contributed by atoms with E-state index in [-0.39, 0.29) is 42.3 Å². The van der Waals surface area contributed by atoms with Crippen molar-refractivity contribution in [3.05, 3.63) is 51.5 Å². The van der Waals surface area contributed by atoms with Gasteiger partial charge in [-0.25, -0.2) is 4.98 Å². The number of nitrogens with one attached hydrogen (secondary N) is 1. The zero-order valence-electron chi connectivity index (χ0n) is 24.4. The van der Waals surface area contributed by atoms with Crippen LogP contribution in [0.15, 0.2) is 28.9 Å². The SMILES string of the molecule is CCCC1CC1.Cc1ncc(Br)cc1N1CCC(C(=O)NC(N)c2ccc(C(F)(F)F)nc2C2COCCO2)CC1C. The number of aryl methyl sites for hydroxylation is 1. The lowest BCUT2D eigenvalue weighted by Gasteiger charge is -2.39. The first-order valence-electron chi connectivity index (χ1n) is 14.7. The smallest absolute Gasteiger partial charge is 0.376 e. The first-order valence-corrected chi connectivity index (χ1v) is 15.5. The highest BCUT2D eigenvalue weighted by Crippen LogP contribution is 2.34. The fraction of sp³-hybridized carbons (Fsp3) is 0.633. The van der Waals surface area contributed by atoms with E-state index in [4.69, 9.17) is 15.2 Å². The zero-order valence-corrected chi connectivity index (χ0v) is 26.0. The highest BCUT2D eigenvalue weighted by Gasteiger charge is 2.36. The molecule has 0 aromatic carbocycles. The molecule has 2 aliphatic heterocycles. The van der Waals surface area contributed by atoms with Crippen LogP contribution in [0.4, 0.5) is 18.9 Å². The number of ether oxygens (including phenoxy) is 2. The van der Waals surface area contributed by atoms with Crippen LogP contribution in [0.3, 0.4) is 0 Å². The van der Waals surface area contributed by atoms with Gasteiger partial charge in [-0.1, -0.05) is 38.7 Å². The second-order valence-corrected chi connectivity index (χ2v) is 12.3. The van der Waals surface area contributed by atoms with Crippen LogP contribution in [0.2, 0.25) is 0 Å². The Bertz CT molecular complexity index is 1210. The van der Waals surface area contributed by atoms with Crippen LogP contribution in [-0.4, -0.2) is 48.3 Å². The van der Waals surface area contributed by atoms with Gasteiger partial charge in [0.1, 0.15) is 18.0 Å². The molecule has 1 amide bonds. The number of aromatic nitrogens is 2. The van der Waals surface area contributed by atoms with Gasteiger partial charge in [0.2, 0.25) is 5.91 Å². The lowest BCUT2D eigenvalue weighted by molar-refractivity contribution is -0.142.